The van der Waals surface area contributed by atoms with E-state index >= 15 is 0 Å². The smallest absolute Gasteiger partial charge is 0.150 e. The second kappa shape index (κ2) is 5.48. The molecular formula is C13H10N2O2S2. The van der Waals surface area contributed by atoms with E-state index in [1.54, 1.807) is 14.2 Å². The molecule has 1 heterocycles. The normalized spacial score (nSPS) is 12.4. The van der Waals surface area contributed by atoms with Crippen molar-refractivity contribution in [1.82, 2.24) is 0 Å². The van der Waals surface area contributed by atoms with Gasteiger partial charge in [0.2, 0.25) is 0 Å². The number of benzene rings is 1. The molecule has 1 aliphatic rings. The van der Waals surface area contributed by atoms with Crippen LogP contribution in [0.15, 0.2) is 25.7 Å². The molecule has 96 valence electrons. The fourth-order valence-corrected chi connectivity index (χ4v) is 4.37. The van der Waals surface area contributed by atoms with E-state index in [0.717, 1.165) is 26.9 Å². The Labute approximate surface area is 120 Å². The van der Waals surface area contributed by atoms with Crippen molar-refractivity contribution in [2.75, 3.05) is 14.2 Å². The van der Waals surface area contributed by atoms with Gasteiger partial charge in [-0.15, -0.1) is 0 Å². The largest absolute Gasteiger partial charge is 0.496 e. The van der Waals surface area contributed by atoms with E-state index in [1.807, 2.05) is 25.1 Å². The first-order valence-electron chi connectivity index (χ1n) is 5.32. The molecule has 0 saturated heterocycles. The monoisotopic (exact) mass is 290 g/mol. The number of methoxy groups -OCH3 is 2. The summed E-state index contributed by atoms with van der Waals surface area (Å²) in [4.78, 5) is 1.80. The number of fused-ring (bicyclic) bond motifs is 1. The number of aryl methyl sites for hydroxylation is 1. The highest BCUT2D eigenvalue weighted by Crippen LogP contribution is 2.59. The minimum absolute atomic E-state index is 0.118. The lowest BCUT2D eigenvalue weighted by atomic mass is 10.2. The Bertz CT molecular complexity index is 638. The molecular weight excluding hydrogens is 280 g/mol. The molecule has 1 aliphatic heterocycles. The van der Waals surface area contributed by atoms with Crippen LogP contribution >= 0.6 is 23.5 Å². The van der Waals surface area contributed by atoms with Crippen molar-refractivity contribution in [3.8, 4) is 23.6 Å². The summed E-state index contributed by atoms with van der Waals surface area (Å²) in [7, 11) is 3.21. The van der Waals surface area contributed by atoms with Crippen LogP contribution in [-0.4, -0.2) is 14.2 Å². The molecule has 0 fully saturated rings. The molecule has 0 saturated carbocycles. The molecule has 0 bridgehead atoms. The average molecular weight is 290 g/mol. The first-order valence-corrected chi connectivity index (χ1v) is 6.95. The third kappa shape index (κ3) is 2.25. The van der Waals surface area contributed by atoms with E-state index < -0.39 is 0 Å². The maximum atomic E-state index is 8.95. The first-order chi connectivity index (χ1) is 9.15. The van der Waals surface area contributed by atoms with Crippen molar-refractivity contribution >= 4 is 23.5 Å². The highest BCUT2D eigenvalue weighted by molar-refractivity contribution is 8.24. The van der Waals surface area contributed by atoms with Crippen molar-refractivity contribution in [2.24, 2.45) is 0 Å². The van der Waals surface area contributed by atoms with Crippen LogP contribution in [0.1, 0.15) is 5.56 Å². The van der Waals surface area contributed by atoms with Crippen LogP contribution in [-0.2, 0) is 0 Å². The highest BCUT2D eigenvalue weighted by Gasteiger charge is 2.29. The Morgan fingerprint density at radius 2 is 1.74 bits per heavy atom. The fourth-order valence-electron chi connectivity index (χ4n) is 1.74. The van der Waals surface area contributed by atoms with Gasteiger partial charge in [0.25, 0.3) is 0 Å². The van der Waals surface area contributed by atoms with Crippen molar-refractivity contribution in [3.05, 3.63) is 21.4 Å². The third-order valence-electron chi connectivity index (χ3n) is 2.58. The van der Waals surface area contributed by atoms with Gasteiger partial charge in [-0.2, -0.15) is 10.5 Å². The minimum Gasteiger partial charge on any atom is -0.496 e. The number of allylic oxidation sites excluding steroid dienone is 1. The van der Waals surface area contributed by atoms with E-state index in [0.29, 0.717) is 4.24 Å². The summed E-state index contributed by atoms with van der Waals surface area (Å²) in [5.74, 6) is 1.49. The Morgan fingerprint density at radius 3 is 2.26 bits per heavy atom. The summed E-state index contributed by atoms with van der Waals surface area (Å²) in [6.45, 7) is 1.93. The van der Waals surface area contributed by atoms with Crippen molar-refractivity contribution in [1.29, 1.82) is 10.5 Å². The zero-order valence-corrected chi connectivity index (χ0v) is 12.2. The molecule has 6 heteroatoms. The van der Waals surface area contributed by atoms with Crippen LogP contribution in [0.3, 0.4) is 0 Å². The fraction of sp³-hybridized carbons (Fsp3) is 0.231. The van der Waals surface area contributed by atoms with Crippen LogP contribution in [0, 0.1) is 29.6 Å². The SMILES string of the molecule is COc1cc(C)c(OC)c2c1SC(=C(C#N)C#N)S2. The van der Waals surface area contributed by atoms with Crippen molar-refractivity contribution in [2.45, 2.75) is 16.7 Å². The predicted molar refractivity (Wildman–Crippen MR) is 74.2 cm³/mol. The molecule has 0 amide bonds. The van der Waals surface area contributed by atoms with Gasteiger partial charge in [0, 0.05) is 0 Å². The zero-order chi connectivity index (χ0) is 14.0. The van der Waals surface area contributed by atoms with Gasteiger partial charge in [-0.25, -0.2) is 0 Å². The van der Waals surface area contributed by atoms with E-state index in [2.05, 4.69) is 0 Å². The minimum atomic E-state index is 0.118. The summed E-state index contributed by atoms with van der Waals surface area (Å²) in [6, 6.07) is 5.72. The van der Waals surface area contributed by atoms with E-state index in [4.69, 9.17) is 20.0 Å². The Kier molecular flexibility index (Phi) is 3.94. The summed E-state index contributed by atoms with van der Waals surface area (Å²) in [6.07, 6.45) is 0. The molecule has 19 heavy (non-hydrogen) atoms. The van der Waals surface area contributed by atoms with Gasteiger partial charge >= 0.3 is 0 Å². The number of hydrogen-bond acceptors (Lipinski definition) is 6. The highest BCUT2D eigenvalue weighted by atomic mass is 32.2. The van der Waals surface area contributed by atoms with Gasteiger partial charge in [0.1, 0.15) is 29.2 Å². The lowest BCUT2D eigenvalue weighted by Crippen LogP contribution is -1.93. The Hall–Kier alpha value is -1.76. The molecule has 0 N–H and O–H groups in total. The molecule has 0 aromatic heterocycles. The number of thioether (sulfide) groups is 2. The van der Waals surface area contributed by atoms with Crippen LogP contribution < -0.4 is 9.47 Å². The summed E-state index contributed by atoms with van der Waals surface area (Å²) in [5.41, 5.74) is 1.08. The maximum absolute atomic E-state index is 8.95. The topological polar surface area (TPSA) is 66.0 Å². The number of hydrogen-bond donors (Lipinski definition) is 0. The lowest BCUT2D eigenvalue weighted by molar-refractivity contribution is 0.382. The second-order valence-corrected chi connectivity index (χ2v) is 5.98. The molecule has 2 rings (SSSR count). The summed E-state index contributed by atoms with van der Waals surface area (Å²) < 4.78 is 11.4. The van der Waals surface area contributed by atoms with E-state index in [9.17, 15) is 0 Å². The van der Waals surface area contributed by atoms with Crippen LogP contribution in [0.2, 0.25) is 0 Å². The van der Waals surface area contributed by atoms with Gasteiger partial charge in [-0.1, -0.05) is 23.5 Å². The quantitative estimate of drug-likeness (QED) is 0.777. The summed E-state index contributed by atoms with van der Waals surface area (Å²) >= 11 is 2.76. The van der Waals surface area contributed by atoms with Gasteiger partial charge < -0.3 is 9.47 Å². The Balaban J connectivity index is 2.63. The second-order valence-electron chi connectivity index (χ2n) is 3.68. The molecule has 0 atom stereocenters. The molecule has 0 unspecified atom stereocenters. The predicted octanol–water partition coefficient (Wildman–Crippen LogP) is 3.47. The van der Waals surface area contributed by atoms with Gasteiger partial charge in [0.05, 0.1) is 28.2 Å². The van der Waals surface area contributed by atoms with Gasteiger partial charge in [-0.3, -0.25) is 0 Å². The van der Waals surface area contributed by atoms with Crippen LogP contribution in [0.4, 0.5) is 0 Å². The van der Waals surface area contributed by atoms with E-state index in [-0.39, 0.29) is 5.57 Å². The molecule has 0 aliphatic carbocycles. The molecule has 1 aromatic rings. The summed E-state index contributed by atoms with van der Waals surface area (Å²) in [5, 5.41) is 17.9. The molecule has 1 aromatic carbocycles. The molecule has 4 nitrogen and oxygen atoms in total. The van der Waals surface area contributed by atoms with Crippen LogP contribution in [0.25, 0.3) is 0 Å². The number of nitriles is 2. The van der Waals surface area contributed by atoms with Crippen molar-refractivity contribution < 1.29 is 9.47 Å². The Morgan fingerprint density at radius 1 is 1.11 bits per heavy atom. The maximum Gasteiger partial charge on any atom is 0.150 e. The van der Waals surface area contributed by atoms with Crippen molar-refractivity contribution in [3.63, 3.8) is 0 Å². The zero-order valence-electron chi connectivity index (χ0n) is 10.6. The lowest BCUT2D eigenvalue weighted by Gasteiger charge is -2.12. The van der Waals surface area contributed by atoms with Crippen LogP contribution in [0.5, 0.6) is 11.5 Å². The molecule has 0 spiro atoms. The standard InChI is InChI=1S/C13H10N2O2S2/c1-7-4-9(16-2)11-12(10(7)17-3)19-13(18-11)8(5-14)6-15/h4H,1-3H3. The number of nitrogens with zero attached hydrogens (tertiary/aromatic N) is 2. The average Bonchev–Trinajstić information content (AvgIpc) is 2.84. The first kappa shape index (κ1) is 13.7. The number of rotatable bonds is 2. The van der Waals surface area contributed by atoms with Gasteiger partial charge in [0.15, 0.2) is 0 Å². The number of ether oxygens (including phenoxy) is 2. The van der Waals surface area contributed by atoms with Gasteiger partial charge in [-0.05, 0) is 18.6 Å². The molecule has 0 radical (unpaired) electrons. The van der Waals surface area contributed by atoms with E-state index in [1.165, 1.54) is 23.5 Å². The third-order valence-corrected chi connectivity index (χ3v) is 5.19.